The zero-order valence-electron chi connectivity index (χ0n) is 22.3. The van der Waals surface area contributed by atoms with Crippen molar-refractivity contribution < 1.29 is 23.4 Å². The summed E-state index contributed by atoms with van der Waals surface area (Å²) in [4.78, 5) is 15.6. The number of anilines is 2. The Morgan fingerprint density at radius 1 is 1.11 bits per heavy atom. The summed E-state index contributed by atoms with van der Waals surface area (Å²) in [6.45, 7) is 5.88. The summed E-state index contributed by atoms with van der Waals surface area (Å²) in [7, 11) is 5.30. The normalized spacial score (nSPS) is 19.8. The zero-order valence-corrected chi connectivity index (χ0v) is 22.3. The SMILES string of the molecule is COc1cc2c(N[C@H]([C@@H](C)O)N(C)C)nc(N3CCC(F)(F)CC3)nc2cc1OCCCN1CCCC1. The molecule has 11 heteroatoms. The lowest BCUT2D eigenvalue weighted by Gasteiger charge is -2.33. The molecule has 206 valence electrons. The minimum absolute atomic E-state index is 0.168. The van der Waals surface area contributed by atoms with Gasteiger partial charge in [-0.1, -0.05) is 0 Å². The van der Waals surface area contributed by atoms with Crippen molar-refractivity contribution in [3.8, 4) is 11.5 Å². The second kappa shape index (κ2) is 11.9. The summed E-state index contributed by atoms with van der Waals surface area (Å²) >= 11 is 0. The monoisotopic (exact) mass is 522 g/mol. The third-order valence-electron chi connectivity index (χ3n) is 7.12. The zero-order chi connectivity index (χ0) is 26.6. The standard InChI is InChI=1S/C26H40F2N6O3/c1-18(35)24(32(2)3)30-23-19-16-21(36-4)22(37-15-7-12-33-10-5-6-11-33)17-20(19)29-25(31-23)34-13-8-26(27,28)9-14-34/h16-18,24,35H,5-15H2,1-4H3,(H,29,30,31)/t18-,24+/m1/s1. The number of piperidine rings is 1. The van der Waals surface area contributed by atoms with Crippen molar-refractivity contribution in [2.45, 2.75) is 57.2 Å². The largest absolute Gasteiger partial charge is 0.493 e. The Morgan fingerprint density at radius 2 is 1.81 bits per heavy atom. The molecule has 0 aliphatic carbocycles. The lowest BCUT2D eigenvalue weighted by molar-refractivity contribution is -0.0222. The van der Waals surface area contributed by atoms with Crippen LogP contribution in [0.5, 0.6) is 11.5 Å². The van der Waals surface area contributed by atoms with Crippen molar-refractivity contribution in [2.24, 2.45) is 0 Å². The Morgan fingerprint density at radius 3 is 2.43 bits per heavy atom. The molecule has 2 aliphatic rings. The number of likely N-dealkylation sites (N-methyl/N-ethyl adjacent to an activating group) is 1. The molecule has 2 fully saturated rings. The number of benzene rings is 1. The Kier molecular flexibility index (Phi) is 8.86. The molecule has 37 heavy (non-hydrogen) atoms. The van der Waals surface area contributed by atoms with Gasteiger partial charge in [-0.15, -0.1) is 0 Å². The van der Waals surface area contributed by atoms with Crippen LogP contribution in [0.4, 0.5) is 20.5 Å². The summed E-state index contributed by atoms with van der Waals surface area (Å²) in [6, 6.07) is 3.66. The van der Waals surface area contributed by atoms with Crippen molar-refractivity contribution in [1.82, 2.24) is 19.8 Å². The Hall–Kier alpha value is -2.50. The van der Waals surface area contributed by atoms with Gasteiger partial charge in [-0.3, -0.25) is 4.90 Å². The molecule has 9 nitrogen and oxygen atoms in total. The van der Waals surface area contributed by atoms with E-state index in [-0.39, 0.29) is 25.9 Å². The molecule has 2 saturated heterocycles. The van der Waals surface area contributed by atoms with Crippen LogP contribution in [0.25, 0.3) is 10.9 Å². The highest BCUT2D eigenvalue weighted by atomic mass is 19.3. The fourth-order valence-corrected chi connectivity index (χ4v) is 4.98. The van der Waals surface area contributed by atoms with Crippen LogP contribution in [0.3, 0.4) is 0 Å². The van der Waals surface area contributed by atoms with Crippen LogP contribution in [0.1, 0.15) is 39.0 Å². The Balaban J connectivity index is 1.64. The van der Waals surface area contributed by atoms with Gasteiger partial charge in [0.15, 0.2) is 11.5 Å². The van der Waals surface area contributed by atoms with E-state index in [0.717, 1.165) is 26.1 Å². The number of nitrogens with one attached hydrogen (secondary N) is 1. The molecular formula is C26H40F2N6O3. The van der Waals surface area contributed by atoms with Gasteiger partial charge >= 0.3 is 0 Å². The first kappa shape index (κ1) is 27.5. The molecule has 1 aromatic carbocycles. The molecule has 2 aliphatic heterocycles. The summed E-state index contributed by atoms with van der Waals surface area (Å²) in [6.07, 6.45) is 1.83. The van der Waals surface area contributed by atoms with E-state index >= 15 is 0 Å². The van der Waals surface area contributed by atoms with Crippen LogP contribution in [-0.4, -0.2) is 104 Å². The number of fused-ring (bicyclic) bond motifs is 1. The second-order valence-electron chi connectivity index (χ2n) is 10.3. The fourth-order valence-electron chi connectivity index (χ4n) is 4.98. The number of hydrogen-bond acceptors (Lipinski definition) is 9. The maximum absolute atomic E-state index is 13.8. The van der Waals surface area contributed by atoms with Crippen molar-refractivity contribution in [3.05, 3.63) is 12.1 Å². The van der Waals surface area contributed by atoms with Crippen molar-refractivity contribution in [2.75, 3.05) is 70.8 Å². The molecule has 0 bridgehead atoms. The Labute approximate surface area is 217 Å². The topological polar surface area (TPSA) is 86.2 Å². The third kappa shape index (κ3) is 6.88. The molecule has 2 aromatic rings. The van der Waals surface area contributed by atoms with Crippen LogP contribution >= 0.6 is 0 Å². The molecule has 3 heterocycles. The highest BCUT2D eigenvalue weighted by Gasteiger charge is 2.35. The minimum atomic E-state index is -2.67. The maximum Gasteiger partial charge on any atom is 0.251 e. The van der Waals surface area contributed by atoms with Crippen molar-refractivity contribution >= 4 is 22.7 Å². The first-order valence-electron chi connectivity index (χ1n) is 13.2. The quantitative estimate of drug-likeness (QED) is 0.341. The van der Waals surface area contributed by atoms with E-state index in [2.05, 4.69) is 10.2 Å². The number of rotatable bonds is 11. The van der Waals surface area contributed by atoms with Crippen molar-refractivity contribution in [1.29, 1.82) is 0 Å². The molecule has 0 unspecified atom stereocenters. The molecule has 2 atom stereocenters. The van der Waals surface area contributed by atoms with Crippen LogP contribution < -0.4 is 19.7 Å². The number of ether oxygens (including phenoxy) is 2. The Bertz CT molecular complexity index is 1030. The molecule has 0 amide bonds. The number of aliphatic hydroxyl groups excluding tert-OH is 1. The molecule has 0 saturated carbocycles. The van der Waals surface area contributed by atoms with Crippen LogP contribution in [0, 0.1) is 0 Å². The van der Waals surface area contributed by atoms with Crippen LogP contribution in [-0.2, 0) is 0 Å². The lowest BCUT2D eigenvalue weighted by atomic mass is 10.1. The predicted octanol–water partition coefficient (Wildman–Crippen LogP) is 3.42. The summed E-state index contributed by atoms with van der Waals surface area (Å²) < 4.78 is 39.4. The van der Waals surface area contributed by atoms with E-state index in [0.29, 0.717) is 40.8 Å². The van der Waals surface area contributed by atoms with Crippen LogP contribution in [0.2, 0.25) is 0 Å². The van der Waals surface area contributed by atoms with E-state index in [4.69, 9.17) is 19.4 Å². The van der Waals surface area contributed by atoms with Crippen molar-refractivity contribution in [3.63, 3.8) is 0 Å². The van der Waals surface area contributed by atoms with Gasteiger partial charge in [0.25, 0.3) is 5.92 Å². The molecular weight excluding hydrogens is 482 g/mol. The summed E-state index contributed by atoms with van der Waals surface area (Å²) in [5.74, 6) is -0.657. The minimum Gasteiger partial charge on any atom is -0.493 e. The summed E-state index contributed by atoms with van der Waals surface area (Å²) in [5, 5.41) is 14.4. The maximum atomic E-state index is 13.8. The van der Waals surface area contributed by atoms with Gasteiger partial charge in [-0.25, -0.2) is 13.8 Å². The number of halogens is 2. The number of aliphatic hydroxyl groups is 1. The summed E-state index contributed by atoms with van der Waals surface area (Å²) in [5.41, 5.74) is 0.614. The number of likely N-dealkylation sites (tertiary alicyclic amines) is 1. The number of methoxy groups -OCH3 is 1. The first-order valence-corrected chi connectivity index (χ1v) is 13.2. The second-order valence-corrected chi connectivity index (χ2v) is 10.3. The lowest BCUT2D eigenvalue weighted by Crippen LogP contribution is -2.44. The number of nitrogens with zero attached hydrogens (tertiary/aromatic N) is 5. The average Bonchev–Trinajstić information content (AvgIpc) is 3.37. The highest BCUT2D eigenvalue weighted by Crippen LogP contribution is 2.37. The van der Waals surface area contributed by atoms with E-state index < -0.39 is 18.2 Å². The van der Waals surface area contributed by atoms with E-state index in [1.165, 1.54) is 12.8 Å². The average molecular weight is 523 g/mol. The third-order valence-corrected chi connectivity index (χ3v) is 7.12. The van der Waals surface area contributed by atoms with E-state index in [9.17, 15) is 13.9 Å². The molecule has 1 aromatic heterocycles. The van der Waals surface area contributed by atoms with Gasteiger partial charge in [-0.2, -0.15) is 4.98 Å². The highest BCUT2D eigenvalue weighted by molar-refractivity contribution is 5.93. The van der Waals surface area contributed by atoms with Gasteiger partial charge < -0.3 is 29.7 Å². The van der Waals surface area contributed by atoms with E-state index in [1.807, 2.05) is 31.1 Å². The van der Waals surface area contributed by atoms with Gasteiger partial charge in [0.05, 0.1) is 25.3 Å². The molecule has 0 radical (unpaired) electrons. The molecule has 4 rings (SSSR count). The van der Waals surface area contributed by atoms with Gasteiger partial charge in [-0.05, 0) is 59.4 Å². The number of alkyl halides is 2. The van der Waals surface area contributed by atoms with Gasteiger partial charge in [0.2, 0.25) is 5.95 Å². The fraction of sp³-hybridized carbons (Fsp3) is 0.692. The number of aromatic nitrogens is 2. The van der Waals surface area contributed by atoms with E-state index in [1.54, 1.807) is 18.9 Å². The first-order chi connectivity index (χ1) is 17.7. The molecule has 2 N–H and O–H groups in total. The van der Waals surface area contributed by atoms with Gasteiger partial charge in [0, 0.05) is 43.9 Å². The van der Waals surface area contributed by atoms with Crippen LogP contribution in [0.15, 0.2) is 12.1 Å². The molecule has 0 spiro atoms. The smallest absolute Gasteiger partial charge is 0.251 e. The van der Waals surface area contributed by atoms with Gasteiger partial charge in [0.1, 0.15) is 12.0 Å². The predicted molar refractivity (Wildman–Crippen MR) is 141 cm³/mol. The number of hydrogen-bond donors (Lipinski definition) is 2.